The molecule has 5 nitrogen and oxygen atoms in total. The highest BCUT2D eigenvalue weighted by Gasteiger charge is 2.28. The molecule has 0 spiro atoms. The number of benzene rings is 1. The van der Waals surface area contributed by atoms with E-state index in [-0.39, 0.29) is 18.0 Å². The van der Waals surface area contributed by atoms with E-state index < -0.39 is 0 Å². The summed E-state index contributed by atoms with van der Waals surface area (Å²) in [6.07, 6.45) is 1.02. The maximum absolute atomic E-state index is 11.9. The van der Waals surface area contributed by atoms with Crippen molar-refractivity contribution in [3.05, 3.63) is 23.2 Å². The van der Waals surface area contributed by atoms with E-state index in [1.807, 2.05) is 0 Å². The molecule has 1 fully saturated rings. The quantitative estimate of drug-likeness (QED) is 0.773. The number of halogens is 1. The molecule has 1 heterocycles. The summed E-state index contributed by atoms with van der Waals surface area (Å²) in [5.74, 6) is 0.506. The van der Waals surface area contributed by atoms with E-state index in [4.69, 9.17) is 16.3 Å². The van der Waals surface area contributed by atoms with Crippen molar-refractivity contribution in [3.63, 3.8) is 0 Å². The Morgan fingerprint density at radius 2 is 2.35 bits per heavy atom. The summed E-state index contributed by atoms with van der Waals surface area (Å²) in [5, 5.41) is 9.85. The monoisotopic (exact) mass is 297 g/mol. The van der Waals surface area contributed by atoms with Crippen LogP contribution in [0.4, 0.5) is 5.69 Å². The van der Waals surface area contributed by atoms with Gasteiger partial charge in [0.1, 0.15) is 5.75 Å². The first kappa shape index (κ1) is 15.1. The highest BCUT2D eigenvalue weighted by molar-refractivity contribution is 6.32. The SMILES string of the molecule is COc1ccc(NC(=O)CNC2(C)CCNC2)cc1Cl. The molecule has 110 valence electrons. The topological polar surface area (TPSA) is 62.4 Å². The molecule has 1 unspecified atom stereocenters. The van der Waals surface area contributed by atoms with Crippen LogP contribution < -0.4 is 20.7 Å². The summed E-state index contributed by atoms with van der Waals surface area (Å²) < 4.78 is 5.07. The largest absolute Gasteiger partial charge is 0.495 e. The smallest absolute Gasteiger partial charge is 0.238 e. The number of carbonyl (C=O) groups excluding carboxylic acids is 1. The van der Waals surface area contributed by atoms with Crippen molar-refractivity contribution in [1.82, 2.24) is 10.6 Å². The molecule has 6 heteroatoms. The molecule has 0 aromatic heterocycles. The molecular weight excluding hydrogens is 278 g/mol. The van der Waals surface area contributed by atoms with Crippen molar-refractivity contribution in [1.29, 1.82) is 0 Å². The van der Waals surface area contributed by atoms with Gasteiger partial charge >= 0.3 is 0 Å². The van der Waals surface area contributed by atoms with E-state index in [0.29, 0.717) is 16.5 Å². The molecule has 1 atom stereocenters. The number of nitrogens with one attached hydrogen (secondary N) is 3. The van der Waals surface area contributed by atoms with Gasteiger partial charge in [0.2, 0.25) is 5.91 Å². The number of rotatable bonds is 5. The Kier molecular flexibility index (Phi) is 4.86. The molecule has 0 aliphatic carbocycles. The van der Waals surface area contributed by atoms with Crippen LogP contribution in [-0.2, 0) is 4.79 Å². The predicted octanol–water partition coefficient (Wildman–Crippen LogP) is 1.63. The third-order valence-corrected chi connectivity index (χ3v) is 3.78. The number of hydrogen-bond donors (Lipinski definition) is 3. The van der Waals surface area contributed by atoms with E-state index in [9.17, 15) is 4.79 Å². The number of carbonyl (C=O) groups is 1. The second-order valence-corrected chi connectivity index (χ2v) is 5.65. The van der Waals surface area contributed by atoms with Crippen LogP contribution in [0.25, 0.3) is 0 Å². The van der Waals surface area contributed by atoms with Gasteiger partial charge in [0.05, 0.1) is 18.7 Å². The Morgan fingerprint density at radius 1 is 1.55 bits per heavy atom. The van der Waals surface area contributed by atoms with Gasteiger partial charge in [0.25, 0.3) is 0 Å². The van der Waals surface area contributed by atoms with Crippen LogP contribution in [0.2, 0.25) is 5.02 Å². The summed E-state index contributed by atoms with van der Waals surface area (Å²) in [4.78, 5) is 11.9. The molecule has 1 aliphatic heterocycles. The molecule has 1 aliphatic rings. The van der Waals surface area contributed by atoms with Crippen LogP contribution in [0, 0.1) is 0 Å². The van der Waals surface area contributed by atoms with Gasteiger partial charge in [-0.25, -0.2) is 0 Å². The second-order valence-electron chi connectivity index (χ2n) is 5.24. The summed E-state index contributed by atoms with van der Waals surface area (Å²) in [7, 11) is 1.56. The molecule has 0 radical (unpaired) electrons. The fraction of sp³-hybridized carbons (Fsp3) is 0.500. The Morgan fingerprint density at radius 3 is 2.95 bits per heavy atom. The van der Waals surface area contributed by atoms with Crippen molar-refractivity contribution < 1.29 is 9.53 Å². The minimum Gasteiger partial charge on any atom is -0.495 e. The lowest BCUT2D eigenvalue weighted by Crippen LogP contribution is -2.47. The lowest BCUT2D eigenvalue weighted by atomic mass is 10.0. The van der Waals surface area contributed by atoms with Gasteiger partial charge in [-0.1, -0.05) is 11.6 Å². The zero-order valence-electron chi connectivity index (χ0n) is 11.8. The lowest BCUT2D eigenvalue weighted by molar-refractivity contribution is -0.115. The Balaban J connectivity index is 1.86. The maximum Gasteiger partial charge on any atom is 0.238 e. The molecule has 1 saturated heterocycles. The van der Waals surface area contributed by atoms with E-state index >= 15 is 0 Å². The zero-order chi connectivity index (χ0) is 14.6. The summed E-state index contributed by atoms with van der Waals surface area (Å²) in [6, 6.07) is 5.17. The lowest BCUT2D eigenvalue weighted by Gasteiger charge is -2.24. The van der Waals surface area contributed by atoms with Crippen molar-refractivity contribution in [2.45, 2.75) is 18.9 Å². The van der Waals surface area contributed by atoms with E-state index in [1.165, 1.54) is 0 Å². The summed E-state index contributed by atoms with van der Waals surface area (Å²) in [5.41, 5.74) is 0.659. The maximum atomic E-state index is 11.9. The standard InChI is InChI=1S/C14H20ClN3O2/c1-14(5-6-16-9-14)17-8-13(19)18-10-3-4-12(20-2)11(15)7-10/h3-4,7,16-17H,5-6,8-9H2,1-2H3,(H,18,19). The van der Waals surface area contributed by atoms with E-state index in [1.54, 1.807) is 25.3 Å². The van der Waals surface area contributed by atoms with Crippen LogP contribution >= 0.6 is 11.6 Å². The fourth-order valence-corrected chi connectivity index (χ4v) is 2.47. The van der Waals surface area contributed by atoms with Gasteiger partial charge in [0, 0.05) is 17.8 Å². The van der Waals surface area contributed by atoms with Crippen molar-refractivity contribution >= 4 is 23.2 Å². The fourth-order valence-electron chi connectivity index (χ4n) is 2.21. The third-order valence-electron chi connectivity index (χ3n) is 3.48. The molecule has 1 aromatic carbocycles. The van der Waals surface area contributed by atoms with Crippen LogP contribution in [0.3, 0.4) is 0 Å². The van der Waals surface area contributed by atoms with Gasteiger partial charge in [-0.05, 0) is 38.1 Å². The number of anilines is 1. The van der Waals surface area contributed by atoms with Crippen molar-refractivity contribution in [3.8, 4) is 5.75 Å². The van der Waals surface area contributed by atoms with Crippen molar-refractivity contribution in [2.75, 3.05) is 32.1 Å². The van der Waals surface area contributed by atoms with Crippen molar-refractivity contribution in [2.24, 2.45) is 0 Å². The van der Waals surface area contributed by atoms with Gasteiger partial charge < -0.3 is 20.7 Å². The third kappa shape index (κ3) is 3.85. The first-order chi connectivity index (χ1) is 9.52. The highest BCUT2D eigenvalue weighted by Crippen LogP contribution is 2.27. The molecular formula is C14H20ClN3O2. The molecule has 0 saturated carbocycles. The predicted molar refractivity (Wildman–Crippen MR) is 80.5 cm³/mol. The molecule has 2 rings (SSSR count). The van der Waals surface area contributed by atoms with Crippen LogP contribution in [0.1, 0.15) is 13.3 Å². The van der Waals surface area contributed by atoms with Gasteiger partial charge in [-0.3, -0.25) is 4.79 Å². The van der Waals surface area contributed by atoms with Crippen LogP contribution in [0.5, 0.6) is 5.75 Å². The van der Waals surface area contributed by atoms with Gasteiger partial charge in [-0.2, -0.15) is 0 Å². The van der Waals surface area contributed by atoms with Gasteiger partial charge in [0.15, 0.2) is 0 Å². The van der Waals surface area contributed by atoms with Gasteiger partial charge in [-0.15, -0.1) is 0 Å². The number of methoxy groups -OCH3 is 1. The number of hydrogen-bond acceptors (Lipinski definition) is 4. The molecule has 20 heavy (non-hydrogen) atoms. The normalized spacial score (nSPS) is 21.8. The average Bonchev–Trinajstić information content (AvgIpc) is 2.84. The summed E-state index contributed by atoms with van der Waals surface area (Å²) in [6.45, 7) is 4.26. The Hall–Kier alpha value is -1.30. The molecule has 0 bridgehead atoms. The van der Waals surface area contributed by atoms with Crippen LogP contribution in [0.15, 0.2) is 18.2 Å². The second kappa shape index (κ2) is 6.43. The molecule has 3 N–H and O–H groups in total. The highest BCUT2D eigenvalue weighted by atomic mass is 35.5. The van der Waals surface area contributed by atoms with E-state index in [2.05, 4.69) is 22.9 Å². The molecule has 1 amide bonds. The minimum absolute atomic E-state index is 0.00507. The zero-order valence-corrected chi connectivity index (χ0v) is 12.5. The average molecular weight is 298 g/mol. The first-order valence-electron chi connectivity index (χ1n) is 6.61. The number of amides is 1. The summed E-state index contributed by atoms with van der Waals surface area (Å²) >= 11 is 6.02. The number of ether oxygens (including phenoxy) is 1. The first-order valence-corrected chi connectivity index (χ1v) is 6.99. The Labute approximate surface area is 124 Å². The minimum atomic E-state index is -0.0839. The Bertz CT molecular complexity index is 487. The van der Waals surface area contributed by atoms with E-state index in [0.717, 1.165) is 19.5 Å². The van der Waals surface area contributed by atoms with Crippen LogP contribution in [-0.4, -0.2) is 38.2 Å². The molecule has 1 aromatic rings.